The highest BCUT2D eigenvalue weighted by Crippen LogP contribution is 2.18. The minimum absolute atomic E-state index is 0.159. The number of nitrogens with zero attached hydrogens (tertiary/aromatic N) is 1. The lowest BCUT2D eigenvalue weighted by Gasteiger charge is -2.09. The Balaban J connectivity index is 1.62. The molecule has 0 radical (unpaired) electrons. The first-order chi connectivity index (χ1) is 12.3. The average Bonchev–Trinajstić information content (AvgIpc) is 2.67. The molecule has 0 saturated carbocycles. The van der Waals surface area contributed by atoms with E-state index >= 15 is 0 Å². The van der Waals surface area contributed by atoms with Gasteiger partial charge in [0.05, 0.1) is 5.56 Å². The van der Waals surface area contributed by atoms with Gasteiger partial charge in [-0.1, -0.05) is 42.5 Å². The number of rotatable bonds is 5. The third-order valence-corrected chi connectivity index (χ3v) is 3.65. The summed E-state index contributed by atoms with van der Waals surface area (Å²) < 4.78 is 5.69. The van der Waals surface area contributed by atoms with Crippen molar-refractivity contribution in [1.82, 2.24) is 0 Å². The van der Waals surface area contributed by atoms with Gasteiger partial charge in [-0.15, -0.1) is 0 Å². The summed E-state index contributed by atoms with van der Waals surface area (Å²) in [4.78, 5) is 12.2. The molecule has 3 aromatic rings. The van der Waals surface area contributed by atoms with Crippen LogP contribution in [0.2, 0.25) is 0 Å². The Hall–Kier alpha value is -3.58. The zero-order valence-corrected chi connectivity index (χ0v) is 13.5. The second kappa shape index (κ2) is 7.80. The number of carbonyl (C=O) groups excluding carboxylic acids is 1. The molecule has 0 saturated heterocycles. The van der Waals surface area contributed by atoms with Crippen molar-refractivity contribution in [3.05, 3.63) is 95.6 Å². The van der Waals surface area contributed by atoms with E-state index in [1.165, 1.54) is 0 Å². The molecule has 1 N–H and O–H groups in total. The monoisotopic (exact) mass is 328 g/mol. The van der Waals surface area contributed by atoms with Crippen molar-refractivity contribution in [3.8, 4) is 11.8 Å². The van der Waals surface area contributed by atoms with Crippen LogP contribution in [0.5, 0.6) is 5.75 Å². The molecule has 0 fully saturated rings. The van der Waals surface area contributed by atoms with Gasteiger partial charge in [-0.25, -0.2) is 0 Å². The summed E-state index contributed by atoms with van der Waals surface area (Å²) in [5.41, 5.74) is 2.75. The van der Waals surface area contributed by atoms with Gasteiger partial charge in [-0.2, -0.15) is 5.26 Å². The van der Waals surface area contributed by atoms with Crippen LogP contribution in [0.15, 0.2) is 78.9 Å². The highest BCUT2D eigenvalue weighted by molar-refractivity contribution is 6.04. The molecular formula is C21H16N2O2. The van der Waals surface area contributed by atoms with Gasteiger partial charge in [-0.3, -0.25) is 4.79 Å². The molecule has 0 spiro atoms. The maximum atomic E-state index is 12.2. The van der Waals surface area contributed by atoms with Crippen molar-refractivity contribution in [2.45, 2.75) is 6.61 Å². The number of para-hydroxylation sites is 2. The molecule has 0 atom stereocenters. The molecule has 0 unspecified atom stereocenters. The molecule has 0 aromatic heterocycles. The van der Waals surface area contributed by atoms with Gasteiger partial charge in [0, 0.05) is 11.3 Å². The van der Waals surface area contributed by atoms with E-state index in [4.69, 9.17) is 10.00 Å². The Bertz CT molecular complexity index is 897. The smallest absolute Gasteiger partial charge is 0.255 e. The topological polar surface area (TPSA) is 62.1 Å². The minimum Gasteiger partial charge on any atom is -0.488 e. The minimum atomic E-state index is -0.159. The quantitative estimate of drug-likeness (QED) is 0.755. The van der Waals surface area contributed by atoms with E-state index < -0.39 is 0 Å². The fraction of sp³-hybridized carbons (Fsp3) is 0.0476. The molecule has 1 amide bonds. The number of benzene rings is 3. The van der Waals surface area contributed by atoms with Crippen LogP contribution in [-0.2, 0) is 6.61 Å². The van der Waals surface area contributed by atoms with Crippen LogP contribution >= 0.6 is 0 Å². The summed E-state index contributed by atoms with van der Waals surface area (Å²) in [6.45, 7) is 0.333. The molecule has 0 aliphatic heterocycles. The molecule has 25 heavy (non-hydrogen) atoms. The van der Waals surface area contributed by atoms with Crippen LogP contribution in [0.3, 0.4) is 0 Å². The van der Waals surface area contributed by atoms with Crippen LogP contribution < -0.4 is 10.1 Å². The van der Waals surface area contributed by atoms with E-state index in [0.717, 1.165) is 11.3 Å². The molecule has 4 nitrogen and oxygen atoms in total. The molecular weight excluding hydrogens is 312 g/mol. The van der Waals surface area contributed by atoms with Crippen molar-refractivity contribution in [2.24, 2.45) is 0 Å². The predicted molar refractivity (Wildman–Crippen MR) is 96.3 cm³/mol. The van der Waals surface area contributed by atoms with Crippen LogP contribution in [0.1, 0.15) is 21.5 Å². The number of carbonyl (C=O) groups is 1. The normalized spacial score (nSPS) is 9.88. The lowest BCUT2D eigenvalue weighted by atomic mass is 10.1. The number of anilines is 1. The molecule has 3 aromatic carbocycles. The Labute approximate surface area is 146 Å². The van der Waals surface area contributed by atoms with Crippen LogP contribution in [0.25, 0.3) is 0 Å². The number of ether oxygens (including phenoxy) is 1. The van der Waals surface area contributed by atoms with Crippen LogP contribution in [0.4, 0.5) is 5.69 Å². The van der Waals surface area contributed by atoms with Crippen LogP contribution in [-0.4, -0.2) is 5.91 Å². The first-order valence-corrected chi connectivity index (χ1v) is 7.83. The Morgan fingerprint density at radius 1 is 0.920 bits per heavy atom. The number of nitriles is 1. The van der Waals surface area contributed by atoms with E-state index in [1.807, 2.05) is 48.5 Å². The highest BCUT2D eigenvalue weighted by atomic mass is 16.5. The number of hydrogen-bond donors (Lipinski definition) is 1. The predicted octanol–water partition coefficient (Wildman–Crippen LogP) is 4.39. The third kappa shape index (κ3) is 4.24. The van der Waals surface area contributed by atoms with Gasteiger partial charge in [0.2, 0.25) is 0 Å². The lowest BCUT2D eigenvalue weighted by Crippen LogP contribution is -2.11. The fourth-order valence-electron chi connectivity index (χ4n) is 2.32. The van der Waals surface area contributed by atoms with Gasteiger partial charge < -0.3 is 10.1 Å². The van der Waals surface area contributed by atoms with Gasteiger partial charge in [-0.05, 0) is 42.0 Å². The Kier molecular flexibility index (Phi) is 5.08. The molecule has 0 bridgehead atoms. The first-order valence-electron chi connectivity index (χ1n) is 7.83. The zero-order valence-electron chi connectivity index (χ0n) is 13.5. The van der Waals surface area contributed by atoms with Gasteiger partial charge in [0.15, 0.2) is 0 Å². The number of hydrogen-bond acceptors (Lipinski definition) is 3. The zero-order chi connectivity index (χ0) is 17.5. The molecule has 0 aliphatic rings. The van der Waals surface area contributed by atoms with Crippen molar-refractivity contribution in [3.63, 3.8) is 0 Å². The number of nitrogens with one attached hydrogen (secondary N) is 1. The van der Waals surface area contributed by atoms with Gasteiger partial charge in [0.25, 0.3) is 5.91 Å². The maximum absolute atomic E-state index is 12.2. The van der Waals surface area contributed by atoms with E-state index in [-0.39, 0.29) is 5.91 Å². The van der Waals surface area contributed by atoms with Crippen LogP contribution in [0, 0.1) is 11.3 Å². The van der Waals surface area contributed by atoms with E-state index in [1.54, 1.807) is 30.3 Å². The van der Waals surface area contributed by atoms with E-state index in [9.17, 15) is 4.79 Å². The molecule has 3 rings (SSSR count). The number of amides is 1. The summed E-state index contributed by atoms with van der Waals surface area (Å²) in [6.07, 6.45) is 0. The third-order valence-electron chi connectivity index (χ3n) is 3.65. The summed E-state index contributed by atoms with van der Waals surface area (Å²) >= 11 is 0. The summed E-state index contributed by atoms with van der Waals surface area (Å²) in [5.74, 6) is 0.393. The molecule has 4 heteroatoms. The van der Waals surface area contributed by atoms with Crippen molar-refractivity contribution in [2.75, 3.05) is 5.32 Å². The van der Waals surface area contributed by atoms with Crippen molar-refractivity contribution < 1.29 is 9.53 Å². The summed E-state index contributed by atoms with van der Waals surface area (Å²) in [5, 5.41) is 11.9. The highest BCUT2D eigenvalue weighted by Gasteiger charge is 2.07. The first kappa shape index (κ1) is 16.3. The van der Waals surface area contributed by atoms with Crippen molar-refractivity contribution >= 4 is 11.6 Å². The standard InChI is InChI=1S/C21H16N2O2/c22-14-18-6-4-5-9-20(18)25-15-16-10-12-17(13-11-16)21(24)23-19-7-2-1-3-8-19/h1-13H,15H2,(H,23,24). The van der Waals surface area contributed by atoms with E-state index in [2.05, 4.69) is 11.4 Å². The SMILES string of the molecule is N#Cc1ccccc1OCc1ccc(C(=O)Nc2ccccc2)cc1. The average molecular weight is 328 g/mol. The van der Waals surface area contributed by atoms with E-state index in [0.29, 0.717) is 23.5 Å². The Morgan fingerprint density at radius 2 is 1.60 bits per heavy atom. The molecule has 0 aliphatic carbocycles. The lowest BCUT2D eigenvalue weighted by molar-refractivity contribution is 0.102. The van der Waals surface area contributed by atoms with Gasteiger partial charge >= 0.3 is 0 Å². The maximum Gasteiger partial charge on any atom is 0.255 e. The summed E-state index contributed by atoms with van der Waals surface area (Å²) in [7, 11) is 0. The molecule has 122 valence electrons. The summed E-state index contributed by atoms with van der Waals surface area (Å²) in [6, 6.07) is 25.7. The largest absolute Gasteiger partial charge is 0.488 e. The second-order valence-electron chi connectivity index (χ2n) is 5.41. The van der Waals surface area contributed by atoms with Gasteiger partial charge in [0.1, 0.15) is 18.4 Å². The molecule has 0 heterocycles. The Morgan fingerprint density at radius 3 is 2.32 bits per heavy atom. The second-order valence-corrected chi connectivity index (χ2v) is 5.41. The fourth-order valence-corrected chi connectivity index (χ4v) is 2.32. The van der Waals surface area contributed by atoms with Crippen molar-refractivity contribution in [1.29, 1.82) is 5.26 Å².